The molecule has 4 aromatic rings. The van der Waals surface area contributed by atoms with Crippen molar-refractivity contribution < 1.29 is 5.11 Å². The predicted molar refractivity (Wildman–Crippen MR) is 90.8 cm³/mol. The Bertz CT molecular complexity index is 967. The fraction of sp³-hybridized carbons (Fsp3) is 0.118. The topological polar surface area (TPSA) is 53.3 Å². The Kier molecular flexibility index (Phi) is 3.06. The first-order chi connectivity index (χ1) is 10.6. The van der Waals surface area contributed by atoms with Crippen molar-refractivity contribution in [2.75, 3.05) is 0 Å². The van der Waals surface area contributed by atoms with Gasteiger partial charge in [0, 0.05) is 10.0 Å². The number of aromatic amines is 1. The molecular weight excluding hydrogens is 342 g/mol. The van der Waals surface area contributed by atoms with E-state index in [0.717, 1.165) is 38.2 Å². The maximum Gasteiger partial charge on any atom is 0.213 e. The van der Waals surface area contributed by atoms with Gasteiger partial charge in [-0.25, -0.2) is 4.98 Å². The molecule has 0 fully saturated rings. The van der Waals surface area contributed by atoms with Gasteiger partial charge >= 0.3 is 0 Å². The van der Waals surface area contributed by atoms with Gasteiger partial charge in [-0.3, -0.25) is 4.40 Å². The van der Waals surface area contributed by atoms with E-state index >= 15 is 0 Å². The van der Waals surface area contributed by atoms with Gasteiger partial charge in [0.25, 0.3) is 0 Å². The number of para-hydroxylation sites is 2. The number of nitrogens with zero attached hydrogens (tertiary/aromatic N) is 2. The summed E-state index contributed by atoms with van der Waals surface area (Å²) in [7, 11) is 0. The van der Waals surface area contributed by atoms with Gasteiger partial charge in [0.2, 0.25) is 5.78 Å². The number of aliphatic hydroxyl groups excluding tert-OH is 1. The minimum absolute atomic E-state index is 0.618. The van der Waals surface area contributed by atoms with E-state index in [1.165, 1.54) is 0 Å². The van der Waals surface area contributed by atoms with Crippen LogP contribution in [0.1, 0.15) is 18.7 Å². The van der Waals surface area contributed by atoms with Crippen LogP contribution in [0.3, 0.4) is 0 Å². The number of rotatable bonds is 2. The van der Waals surface area contributed by atoms with E-state index in [9.17, 15) is 5.11 Å². The lowest BCUT2D eigenvalue weighted by atomic mass is 10.1. The van der Waals surface area contributed by atoms with E-state index in [1.807, 2.05) is 52.9 Å². The molecule has 1 atom stereocenters. The van der Waals surface area contributed by atoms with Gasteiger partial charge < -0.3 is 10.1 Å². The molecule has 0 saturated heterocycles. The molecule has 0 aliphatic rings. The van der Waals surface area contributed by atoms with Crippen LogP contribution in [-0.2, 0) is 0 Å². The second-order valence-corrected chi connectivity index (χ2v) is 6.25. The normalized spacial score (nSPS) is 13.0. The first-order valence-electron chi connectivity index (χ1n) is 7.08. The second kappa shape index (κ2) is 4.97. The minimum Gasteiger partial charge on any atom is -0.387 e. The van der Waals surface area contributed by atoms with E-state index in [1.54, 1.807) is 6.92 Å². The average Bonchev–Trinajstić information content (AvgIpc) is 3.03. The molecule has 0 aliphatic heterocycles. The van der Waals surface area contributed by atoms with E-state index in [0.29, 0.717) is 0 Å². The quantitative estimate of drug-likeness (QED) is 0.563. The molecule has 2 aromatic carbocycles. The minimum atomic E-state index is -0.618. The van der Waals surface area contributed by atoms with Crippen molar-refractivity contribution in [2.45, 2.75) is 13.0 Å². The lowest BCUT2D eigenvalue weighted by Gasteiger charge is -2.08. The zero-order chi connectivity index (χ0) is 15.3. The Morgan fingerprint density at radius 3 is 2.59 bits per heavy atom. The summed E-state index contributed by atoms with van der Waals surface area (Å²) >= 11 is 3.44. The average molecular weight is 356 g/mol. The molecule has 2 N–H and O–H groups in total. The fourth-order valence-electron chi connectivity index (χ4n) is 2.86. The summed E-state index contributed by atoms with van der Waals surface area (Å²) in [5, 5.41) is 10.3. The summed E-state index contributed by atoms with van der Waals surface area (Å²) in [5.74, 6) is 0.745. The van der Waals surface area contributed by atoms with Crippen molar-refractivity contribution in [2.24, 2.45) is 0 Å². The molecule has 1 unspecified atom stereocenters. The monoisotopic (exact) mass is 355 g/mol. The summed E-state index contributed by atoms with van der Waals surface area (Å²) in [6.07, 6.45) is -0.618. The molecule has 110 valence electrons. The summed E-state index contributed by atoms with van der Waals surface area (Å²) < 4.78 is 3.02. The van der Waals surface area contributed by atoms with Crippen molar-refractivity contribution in [3.8, 4) is 11.3 Å². The van der Waals surface area contributed by atoms with E-state index in [-0.39, 0.29) is 0 Å². The number of aliphatic hydroxyl groups is 1. The molecule has 0 amide bonds. The number of hydrogen-bond donors (Lipinski definition) is 2. The van der Waals surface area contributed by atoms with Gasteiger partial charge in [-0.2, -0.15) is 0 Å². The fourth-order valence-corrected chi connectivity index (χ4v) is 3.12. The Morgan fingerprint density at radius 1 is 1.14 bits per heavy atom. The van der Waals surface area contributed by atoms with Crippen LogP contribution < -0.4 is 0 Å². The van der Waals surface area contributed by atoms with Gasteiger partial charge in [-0.05, 0) is 31.2 Å². The van der Waals surface area contributed by atoms with Crippen LogP contribution in [0.15, 0.2) is 53.0 Å². The number of aromatic nitrogens is 3. The molecule has 5 heteroatoms. The number of hydrogen-bond acceptors (Lipinski definition) is 2. The third kappa shape index (κ3) is 1.97. The van der Waals surface area contributed by atoms with Crippen molar-refractivity contribution in [1.82, 2.24) is 14.4 Å². The van der Waals surface area contributed by atoms with E-state index in [2.05, 4.69) is 20.9 Å². The molecule has 22 heavy (non-hydrogen) atoms. The molecule has 0 aliphatic carbocycles. The van der Waals surface area contributed by atoms with Crippen molar-refractivity contribution >= 4 is 32.7 Å². The number of halogens is 1. The Hall–Kier alpha value is -2.11. The molecule has 2 heterocycles. The maximum atomic E-state index is 10.3. The number of fused-ring (bicyclic) bond motifs is 3. The van der Waals surface area contributed by atoms with E-state index < -0.39 is 6.10 Å². The lowest BCUT2D eigenvalue weighted by molar-refractivity contribution is 0.194. The molecule has 4 rings (SSSR count). The molecule has 0 radical (unpaired) electrons. The molecule has 0 saturated carbocycles. The number of nitrogens with one attached hydrogen (secondary N) is 1. The molecule has 2 aromatic heterocycles. The van der Waals surface area contributed by atoms with Crippen LogP contribution >= 0.6 is 15.9 Å². The summed E-state index contributed by atoms with van der Waals surface area (Å²) in [4.78, 5) is 8.01. The number of imidazole rings is 2. The largest absolute Gasteiger partial charge is 0.387 e. The molecular formula is C17H14BrN3O. The summed E-state index contributed by atoms with van der Waals surface area (Å²) in [6.45, 7) is 1.77. The van der Waals surface area contributed by atoms with Crippen LogP contribution in [0.4, 0.5) is 0 Å². The zero-order valence-electron chi connectivity index (χ0n) is 11.9. The highest BCUT2D eigenvalue weighted by Crippen LogP contribution is 2.32. The van der Waals surface area contributed by atoms with Gasteiger partial charge in [0.1, 0.15) is 0 Å². The Labute approximate surface area is 135 Å². The summed E-state index contributed by atoms with van der Waals surface area (Å²) in [5.41, 5.74) is 4.62. The van der Waals surface area contributed by atoms with Gasteiger partial charge in [-0.15, -0.1) is 0 Å². The number of benzene rings is 2. The predicted octanol–water partition coefficient (Wildman–Crippen LogP) is 4.30. The smallest absolute Gasteiger partial charge is 0.213 e. The zero-order valence-corrected chi connectivity index (χ0v) is 13.5. The first-order valence-corrected chi connectivity index (χ1v) is 7.87. The van der Waals surface area contributed by atoms with Gasteiger partial charge in [0.15, 0.2) is 0 Å². The highest BCUT2D eigenvalue weighted by molar-refractivity contribution is 9.10. The standard InChI is InChI=1S/C17H14BrN3O/c1-10(22)16-15(11-6-8-12(18)9-7-11)20-17-19-13-4-2-3-5-14(13)21(16)17/h2-10,22H,1H3,(H,19,20). The highest BCUT2D eigenvalue weighted by atomic mass is 79.9. The van der Waals surface area contributed by atoms with Crippen molar-refractivity contribution in [1.29, 1.82) is 0 Å². The van der Waals surface area contributed by atoms with Crippen molar-refractivity contribution in [3.05, 3.63) is 58.7 Å². The Morgan fingerprint density at radius 2 is 1.86 bits per heavy atom. The first kappa shape index (κ1) is 13.5. The lowest BCUT2D eigenvalue weighted by Crippen LogP contribution is -1.99. The Balaban J connectivity index is 2.07. The van der Waals surface area contributed by atoms with Crippen LogP contribution in [0.2, 0.25) is 0 Å². The van der Waals surface area contributed by atoms with Gasteiger partial charge in [-0.1, -0.05) is 40.2 Å². The van der Waals surface area contributed by atoms with Crippen LogP contribution in [-0.4, -0.2) is 19.5 Å². The third-order valence-electron chi connectivity index (χ3n) is 3.82. The van der Waals surface area contributed by atoms with Crippen LogP contribution in [0, 0.1) is 0 Å². The van der Waals surface area contributed by atoms with E-state index in [4.69, 9.17) is 4.98 Å². The maximum absolute atomic E-state index is 10.3. The highest BCUT2D eigenvalue weighted by Gasteiger charge is 2.20. The van der Waals surface area contributed by atoms with Crippen LogP contribution in [0.25, 0.3) is 28.1 Å². The SMILES string of the molecule is CC(O)c1c(-c2ccc(Br)cc2)nc2[nH]c3ccccc3n12. The summed E-state index contributed by atoms with van der Waals surface area (Å²) in [6, 6.07) is 16.0. The molecule has 0 spiro atoms. The van der Waals surface area contributed by atoms with Gasteiger partial charge in [0.05, 0.1) is 28.5 Å². The third-order valence-corrected chi connectivity index (χ3v) is 4.35. The number of H-pyrrole nitrogens is 1. The molecule has 0 bridgehead atoms. The van der Waals surface area contributed by atoms with Crippen LogP contribution in [0.5, 0.6) is 0 Å². The second-order valence-electron chi connectivity index (χ2n) is 5.33. The van der Waals surface area contributed by atoms with Crippen molar-refractivity contribution in [3.63, 3.8) is 0 Å². The molecule has 4 nitrogen and oxygen atoms in total.